The third-order valence-electron chi connectivity index (χ3n) is 2.23. The number of hydrogen-bond acceptors (Lipinski definition) is 2. The number of carbonyl (C=O) groups excluding carboxylic acids is 1. The summed E-state index contributed by atoms with van der Waals surface area (Å²) in [6.07, 6.45) is 0.651. The number of ether oxygens (including phenoxy) is 1. The second kappa shape index (κ2) is 5.66. The van der Waals surface area contributed by atoms with Gasteiger partial charge < -0.3 is 4.74 Å². The van der Waals surface area contributed by atoms with Crippen LogP contribution in [0.25, 0.3) is 0 Å². The lowest BCUT2D eigenvalue weighted by Gasteiger charge is -2.07. The van der Waals surface area contributed by atoms with Crippen LogP contribution in [0.4, 0.5) is 0 Å². The molecule has 0 bridgehead atoms. The van der Waals surface area contributed by atoms with Crippen molar-refractivity contribution in [1.29, 1.82) is 0 Å². The van der Waals surface area contributed by atoms with E-state index in [9.17, 15) is 4.79 Å². The number of aryl methyl sites for hydroxylation is 1. The monoisotopic (exact) mass is 206 g/mol. The maximum Gasteiger partial charge on any atom is 0.165 e. The van der Waals surface area contributed by atoms with Crippen LogP contribution in [0.2, 0.25) is 0 Å². The number of rotatable bonds is 5. The van der Waals surface area contributed by atoms with Crippen molar-refractivity contribution in [1.82, 2.24) is 0 Å². The summed E-state index contributed by atoms with van der Waals surface area (Å²) in [5.74, 6) is 0.161. The number of carbonyl (C=O) groups is 1. The Morgan fingerprint density at radius 2 is 2.00 bits per heavy atom. The molecule has 82 valence electrons. The quantitative estimate of drug-likeness (QED) is 0.692. The first kappa shape index (κ1) is 11.9. The summed E-state index contributed by atoms with van der Waals surface area (Å²) in [4.78, 5) is 11.8. The van der Waals surface area contributed by atoms with E-state index in [4.69, 9.17) is 4.74 Å². The lowest BCUT2D eigenvalue weighted by Crippen LogP contribution is -2.09. The van der Waals surface area contributed by atoms with Gasteiger partial charge in [0.05, 0.1) is 12.7 Å². The van der Waals surface area contributed by atoms with E-state index in [1.165, 1.54) is 0 Å². The van der Waals surface area contributed by atoms with Crippen LogP contribution in [-0.4, -0.2) is 18.5 Å². The standard InChI is InChI=1S/C13H18O2/c1-10(2)15-9-8-13(14)12-7-5-4-6-11(12)3/h4-7,10H,8-9H2,1-3H3. The molecule has 0 aliphatic heterocycles. The van der Waals surface area contributed by atoms with Crippen molar-refractivity contribution in [3.05, 3.63) is 35.4 Å². The molecule has 0 aliphatic carbocycles. The highest BCUT2D eigenvalue weighted by Gasteiger charge is 2.08. The Labute approximate surface area is 91.3 Å². The van der Waals surface area contributed by atoms with E-state index < -0.39 is 0 Å². The molecule has 0 fully saturated rings. The molecule has 0 N–H and O–H groups in total. The molecule has 1 rings (SSSR count). The van der Waals surface area contributed by atoms with Gasteiger partial charge in [-0.05, 0) is 26.3 Å². The third-order valence-corrected chi connectivity index (χ3v) is 2.23. The molecule has 0 aliphatic rings. The molecule has 0 amide bonds. The Balaban J connectivity index is 2.51. The molecule has 0 saturated carbocycles. The van der Waals surface area contributed by atoms with Gasteiger partial charge >= 0.3 is 0 Å². The second-order valence-electron chi connectivity index (χ2n) is 3.91. The second-order valence-corrected chi connectivity index (χ2v) is 3.91. The summed E-state index contributed by atoms with van der Waals surface area (Å²) in [5.41, 5.74) is 1.84. The lowest BCUT2D eigenvalue weighted by molar-refractivity contribution is 0.0678. The van der Waals surface area contributed by atoms with Crippen LogP contribution in [-0.2, 0) is 4.74 Å². The minimum atomic E-state index is 0.161. The minimum Gasteiger partial charge on any atom is -0.378 e. The van der Waals surface area contributed by atoms with E-state index in [0.717, 1.165) is 11.1 Å². The number of benzene rings is 1. The van der Waals surface area contributed by atoms with Crippen molar-refractivity contribution in [2.45, 2.75) is 33.3 Å². The summed E-state index contributed by atoms with van der Waals surface area (Å²) in [7, 11) is 0. The van der Waals surface area contributed by atoms with Crippen LogP contribution >= 0.6 is 0 Å². The molecule has 1 aromatic carbocycles. The van der Waals surface area contributed by atoms with Crippen LogP contribution in [0.5, 0.6) is 0 Å². The van der Waals surface area contributed by atoms with Crippen molar-refractivity contribution < 1.29 is 9.53 Å². The van der Waals surface area contributed by atoms with Gasteiger partial charge in [0.1, 0.15) is 0 Å². The summed E-state index contributed by atoms with van der Waals surface area (Å²) in [6.45, 7) is 6.40. The van der Waals surface area contributed by atoms with Gasteiger partial charge in [0, 0.05) is 12.0 Å². The molecule has 1 aromatic rings. The van der Waals surface area contributed by atoms with E-state index in [-0.39, 0.29) is 11.9 Å². The van der Waals surface area contributed by atoms with E-state index in [1.807, 2.05) is 45.0 Å². The first-order chi connectivity index (χ1) is 7.11. The Morgan fingerprint density at radius 1 is 1.33 bits per heavy atom. The van der Waals surface area contributed by atoms with Gasteiger partial charge in [0.2, 0.25) is 0 Å². The van der Waals surface area contributed by atoms with Crippen molar-refractivity contribution in [2.75, 3.05) is 6.61 Å². The Morgan fingerprint density at radius 3 is 2.60 bits per heavy atom. The Bertz CT molecular complexity index is 329. The van der Waals surface area contributed by atoms with E-state index in [1.54, 1.807) is 0 Å². The lowest BCUT2D eigenvalue weighted by atomic mass is 10.0. The van der Waals surface area contributed by atoms with Crippen molar-refractivity contribution in [2.24, 2.45) is 0 Å². The predicted octanol–water partition coefficient (Wildman–Crippen LogP) is 2.99. The number of hydrogen-bond donors (Lipinski definition) is 0. The van der Waals surface area contributed by atoms with Gasteiger partial charge in [0.25, 0.3) is 0 Å². The first-order valence-electron chi connectivity index (χ1n) is 5.31. The van der Waals surface area contributed by atoms with E-state index >= 15 is 0 Å². The van der Waals surface area contributed by atoms with E-state index in [2.05, 4.69) is 0 Å². The number of Topliss-reactive ketones (excluding diaryl/α,β-unsaturated/α-hetero) is 1. The Kier molecular flexibility index (Phi) is 4.50. The maximum absolute atomic E-state index is 11.8. The molecule has 2 nitrogen and oxygen atoms in total. The molecular formula is C13H18O2. The van der Waals surface area contributed by atoms with Crippen molar-refractivity contribution in [3.8, 4) is 0 Å². The molecule has 0 spiro atoms. The van der Waals surface area contributed by atoms with Gasteiger partial charge in [-0.15, -0.1) is 0 Å². The summed E-state index contributed by atoms with van der Waals surface area (Å²) >= 11 is 0. The smallest absolute Gasteiger partial charge is 0.165 e. The summed E-state index contributed by atoms with van der Waals surface area (Å²) in [5, 5.41) is 0. The molecule has 15 heavy (non-hydrogen) atoms. The Hall–Kier alpha value is -1.15. The summed E-state index contributed by atoms with van der Waals surface area (Å²) < 4.78 is 5.35. The fourth-order valence-electron chi connectivity index (χ4n) is 1.41. The fourth-order valence-corrected chi connectivity index (χ4v) is 1.41. The van der Waals surface area contributed by atoms with Crippen molar-refractivity contribution in [3.63, 3.8) is 0 Å². The predicted molar refractivity (Wildman–Crippen MR) is 61.2 cm³/mol. The van der Waals surface area contributed by atoms with Crippen LogP contribution in [0, 0.1) is 6.92 Å². The zero-order valence-corrected chi connectivity index (χ0v) is 9.62. The molecule has 0 radical (unpaired) electrons. The number of ketones is 1. The highest BCUT2D eigenvalue weighted by molar-refractivity contribution is 5.97. The molecule has 0 aromatic heterocycles. The normalized spacial score (nSPS) is 10.7. The third kappa shape index (κ3) is 3.84. The van der Waals surface area contributed by atoms with Gasteiger partial charge in [-0.1, -0.05) is 24.3 Å². The van der Waals surface area contributed by atoms with Crippen LogP contribution in [0.15, 0.2) is 24.3 Å². The zero-order chi connectivity index (χ0) is 11.3. The van der Waals surface area contributed by atoms with Gasteiger partial charge in [0.15, 0.2) is 5.78 Å². The van der Waals surface area contributed by atoms with Crippen LogP contribution in [0.3, 0.4) is 0 Å². The zero-order valence-electron chi connectivity index (χ0n) is 9.62. The highest BCUT2D eigenvalue weighted by atomic mass is 16.5. The molecule has 0 saturated heterocycles. The average molecular weight is 206 g/mol. The molecule has 0 unspecified atom stereocenters. The highest BCUT2D eigenvalue weighted by Crippen LogP contribution is 2.09. The van der Waals surface area contributed by atoms with Gasteiger partial charge in [-0.2, -0.15) is 0 Å². The van der Waals surface area contributed by atoms with Crippen LogP contribution in [0.1, 0.15) is 36.2 Å². The average Bonchev–Trinajstić information content (AvgIpc) is 2.17. The fraction of sp³-hybridized carbons (Fsp3) is 0.462. The maximum atomic E-state index is 11.8. The SMILES string of the molecule is Cc1ccccc1C(=O)CCOC(C)C. The topological polar surface area (TPSA) is 26.3 Å². The molecule has 2 heteroatoms. The van der Waals surface area contributed by atoms with Crippen LogP contribution < -0.4 is 0 Å². The first-order valence-corrected chi connectivity index (χ1v) is 5.31. The minimum absolute atomic E-state index is 0.161. The van der Waals surface area contributed by atoms with Crippen molar-refractivity contribution >= 4 is 5.78 Å². The molecule has 0 atom stereocenters. The molecule has 0 heterocycles. The van der Waals surface area contributed by atoms with Gasteiger partial charge in [-0.3, -0.25) is 4.79 Å². The van der Waals surface area contributed by atoms with E-state index in [0.29, 0.717) is 13.0 Å². The molecular weight excluding hydrogens is 188 g/mol. The van der Waals surface area contributed by atoms with Gasteiger partial charge in [-0.25, -0.2) is 0 Å². The summed E-state index contributed by atoms with van der Waals surface area (Å²) in [6, 6.07) is 7.66. The largest absolute Gasteiger partial charge is 0.378 e.